The van der Waals surface area contributed by atoms with Crippen LogP contribution in [0.5, 0.6) is 0 Å². The zero-order chi connectivity index (χ0) is 8.27. The molecule has 0 amide bonds. The van der Waals surface area contributed by atoms with E-state index in [0.717, 1.165) is 6.22 Å². The molecule has 1 unspecified atom stereocenters. The number of aryl methyl sites for hydroxylation is 2. The van der Waals surface area contributed by atoms with Crippen LogP contribution in [0.2, 0.25) is 0 Å². The molecule has 1 atom stereocenters. The van der Waals surface area contributed by atoms with Crippen molar-refractivity contribution in [3.63, 3.8) is 0 Å². The number of hydrogen-bond acceptors (Lipinski definition) is 0. The normalized spacial score (nSPS) is 11.2. The fraction of sp³-hybridized carbons (Fsp3) is 0.333. The van der Waals surface area contributed by atoms with Crippen LogP contribution in [0.4, 0.5) is 0 Å². The standard InChI is InChI=1S/C9H12IP/c1-7-3-8(2)5-9(4-7)6-11-10/h3-5,11H,6H2,1-2H3. The Bertz CT molecular complexity index is 225. The second-order valence-electron chi connectivity index (χ2n) is 2.81. The SMILES string of the molecule is Cc1cc(C)cc(CPI)c1. The lowest BCUT2D eigenvalue weighted by Crippen LogP contribution is -1.82. The molecule has 0 saturated heterocycles. The zero-order valence-electron chi connectivity index (χ0n) is 6.82. The van der Waals surface area contributed by atoms with Gasteiger partial charge in [-0.1, -0.05) is 57.6 Å². The minimum absolute atomic E-state index is 0.998. The van der Waals surface area contributed by atoms with Gasteiger partial charge >= 0.3 is 0 Å². The van der Waals surface area contributed by atoms with Crippen LogP contribution in [0.3, 0.4) is 0 Å². The van der Waals surface area contributed by atoms with Crippen molar-refractivity contribution in [3.8, 4) is 0 Å². The number of rotatable bonds is 2. The van der Waals surface area contributed by atoms with Gasteiger partial charge < -0.3 is 0 Å². The van der Waals surface area contributed by atoms with Crippen LogP contribution in [-0.2, 0) is 6.16 Å². The summed E-state index contributed by atoms with van der Waals surface area (Å²) < 4.78 is 0. The van der Waals surface area contributed by atoms with Crippen LogP contribution in [0.15, 0.2) is 18.2 Å². The summed E-state index contributed by atoms with van der Waals surface area (Å²) in [7, 11) is 0. The van der Waals surface area contributed by atoms with Crippen molar-refractivity contribution in [2.45, 2.75) is 20.0 Å². The van der Waals surface area contributed by atoms with Crippen LogP contribution in [-0.4, -0.2) is 0 Å². The van der Waals surface area contributed by atoms with Crippen LogP contribution in [0.1, 0.15) is 16.7 Å². The Labute approximate surface area is 83.0 Å². The summed E-state index contributed by atoms with van der Waals surface area (Å²) in [6.45, 7) is 4.32. The first-order valence-electron chi connectivity index (χ1n) is 3.63. The fourth-order valence-corrected chi connectivity index (χ4v) is 2.93. The molecule has 0 heterocycles. The Morgan fingerprint density at radius 2 is 1.73 bits per heavy atom. The second-order valence-corrected chi connectivity index (χ2v) is 5.72. The Hall–Kier alpha value is 0.380. The maximum absolute atomic E-state index is 2.44. The molecule has 0 nitrogen and oxygen atoms in total. The summed E-state index contributed by atoms with van der Waals surface area (Å²) in [5.74, 6) is 0. The van der Waals surface area contributed by atoms with Crippen molar-refractivity contribution in [3.05, 3.63) is 34.9 Å². The Morgan fingerprint density at radius 3 is 2.18 bits per heavy atom. The molecule has 0 radical (unpaired) electrons. The largest absolute Gasteiger partial charge is 0.0569 e. The molecule has 1 aromatic rings. The van der Waals surface area contributed by atoms with E-state index in [0.29, 0.717) is 0 Å². The number of hydrogen-bond donors (Lipinski definition) is 0. The van der Waals surface area contributed by atoms with Gasteiger partial charge in [0.2, 0.25) is 0 Å². The molecule has 0 spiro atoms. The lowest BCUT2D eigenvalue weighted by molar-refractivity contribution is 1.30. The summed E-state index contributed by atoms with van der Waals surface area (Å²) in [5.41, 5.74) is 4.25. The van der Waals surface area contributed by atoms with Crippen LogP contribution >= 0.6 is 28.3 Å². The highest BCUT2D eigenvalue weighted by Crippen LogP contribution is 2.27. The molecule has 0 N–H and O–H groups in total. The summed E-state index contributed by atoms with van der Waals surface area (Å²) in [4.78, 5) is 0. The minimum atomic E-state index is 0.998. The minimum Gasteiger partial charge on any atom is -0.0569 e. The van der Waals surface area contributed by atoms with E-state index in [9.17, 15) is 0 Å². The summed E-state index contributed by atoms with van der Waals surface area (Å²) >= 11 is 2.44. The maximum Gasteiger partial charge on any atom is -0.000970 e. The quantitative estimate of drug-likeness (QED) is 0.569. The Kier molecular flexibility index (Phi) is 3.80. The molecule has 0 aliphatic carbocycles. The highest BCUT2D eigenvalue weighted by atomic mass is 127. The van der Waals surface area contributed by atoms with E-state index in [4.69, 9.17) is 0 Å². The third kappa shape index (κ3) is 3.08. The molecule has 0 aromatic heterocycles. The van der Waals surface area contributed by atoms with Gasteiger partial charge in [-0.3, -0.25) is 0 Å². The monoisotopic (exact) mass is 278 g/mol. The van der Waals surface area contributed by atoms with Gasteiger partial charge in [-0.05, 0) is 25.6 Å². The lowest BCUT2D eigenvalue weighted by Gasteiger charge is -2.01. The molecule has 0 aliphatic rings. The smallest absolute Gasteiger partial charge is 0.000970 e. The first-order chi connectivity index (χ1) is 5.22. The third-order valence-electron chi connectivity index (χ3n) is 1.55. The predicted molar refractivity (Wildman–Crippen MR) is 62.0 cm³/mol. The van der Waals surface area contributed by atoms with Gasteiger partial charge in [-0.2, -0.15) is 0 Å². The van der Waals surface area contributed by atoms with E-state index in [1.165, 1.54) is 22.9 Å². The summed E-state index contributed by atoms with van der Waals surface area (Å²) in [6.07, 6.45) is 2.22. The van der Waals surface area contributed by atoms with Crippen LogP contribution in [0.25, 0.3) is 0 Å². The maximum atomic E-state index is 2.44. The Morgan fingerprint density at radius 1 is 1.18 bits per heavy atom. The van der Waals surface area contributed by atoms with Gasteiger partial charge in [0.25, 0.3) is 0 Å². The van der Waals surface area contributed by atoms with Gasteiger partial charge in [0.05, 0.1) is 0 Å². The third-order valence-corrected chi connectivity index (χ3v) is 3.24. The van der Waals surface area contributed by atoms with Crippen molar-refractivity contribution in [1.82, 2.24) is 0 Å². The van der Waals surface area contributed by atoms with Crippen molar-refractivity contribution >= 4 is 28.3 Å². The van der Waals surface area contributed by atoms with E-state index in [1.54, 1.807) is 0 Å². The topological polar surface area (TPSA) is 0 Å². The van der Waals surface area contributed by atoms with Gasteiger partial charge in [-0.25, -0.2) is 0 Å². The number of benzene rings is 1. The molecule has 0 saturated carbocycles. The van der Waals surface area contributed by atoms with Gasteiger partial charge in [-0.15, -0.1) is 0 Å². The van der Waals surface area contributed by atoms with Crippen LogP contribution < -0.4 is 0 Å². The first-order valence-corrected chi connectivity index (χ1v) is 7.95. The van der Waals surface area contributed by atoms with Gasteiger partial charge in [0, 0.05) is 0 Å². The highest BCUT2D eigenvalue weighted by Gasteiger charge is 1.93. The molecule has 2 heteroatoms. The number of halogens is 1. The molecular formula is C9H12IP. The molecule has 1 aromatic carbocycles. The summed E-state index contributed by atoms with van der Waals surface area (Å²) in [5, 5.41) is 0. The van der Waals surface area contributed by atoms with E-state index >= 15 is 0 Å². The van der Waals surface area contributed by atoms with Crippen molar-refractivity contribution in [1.29, 1.82) is 0 Å². The molecule has 0 bridgehead atoms. The molecule has 0 fully saturated rings. The summed E-state index contributed by atoms with van der Waals surface area (Å²) in [6, 6.07) is 6.77. The van der Waals surface area contributed by atoms with E-state index in [1.807, 2.05) is 0 Å². The van der Waals surface area contributed by atoms with Gasteiger partial charge in [0.15, 0.2) is 0 Å². The van der Waals surface area contributed by atoms with Crippen molar-refractivity contribution in [2.75, 3.05) is 0 Å². The van der Waals surface area contributed by atoms with Gasteiger partial charge in [0.1, 0.15) is 0 Å². The molecule has 0 aliphatic heterocycles. The predicted octanol–water partition coefficient (Wildman–Crippen LogP) is 3.83. The molecule has 60 valence electrons. The van der Waals surface area contributed by atoms with Crippen molar-refractivity contribution < 1.29 is 0 Å². The Balaban J connectivity index is 2.89. The lowest BCUT2D eigenvalue weighted by atomic mass is 10.1. The van der Waals surface area contributed by atoms with Crippen molar-refractivity contribution in [2.24, 2.45) is 0 Å². The second kappa shape index (κ2) is 4.42. The van der Waals surface area contributed by atoms with Crippen LogP contribution in [0, 0.1) is 13.8 Å². The van der Waals surface area contributed by atoms with E-state index in [-0.39, 0.29) is 0 Å². The molecule has 1 rings (SSSR count). The zero-order valence-corrected chi connectivity index (χ0v) is 9.97. The van der Waals surface area contributed by atoms with E-state index < -0.39 is 0 Å². The fourth-order valence-electron chi connectivity index (χ4n) is 1.25. The molecular weight excluding hydrogens is 266 g/mol. The van der Waals surface area contributed by atoms with E-state index in [2.05, 4.69) is 54.1 Å². The molecule has 11 heavy (non-hydrogen) atoms. The average Bonchev–Trinajstić information content (AvgIpc) is 1.85. The average molecular weight is 278 g/mol. The highest BCUT2D eigenvalue weighted by molar-refractivity contribution is 14.2. The first kappa shape index (κ1) is 9.47.